The zero-order valence-corrected chi connectivity index (χ0v) is 13.4. The van der Waals surface area contributed by atoms with Crippen LogP contribution >= 0.6 is 0 Å². The summed E-state index contributed by atoms with van der Waals surface area (Å²) in [6, 6.07) is 0. The Morgan fingerprint density at radius 3 is 3.05 bits per heavy atom. The maximum Gasteiger partial charge on any atom is 0.240 e. The van der Waals surface area contributed by atoms with Crippen molar-refractivity contribution in [1.29, 1.82) is 0 Å². The number of piperidine rings is 1. The summed E-state index contributed by atoms with van der Waals surface area (Å²) < 4.78 is 5.30. The van der Waals surface area contributed by atoms with Crippen LogP contribution in [0.3, 0.4) is 0 Å². The van der Waals surface area contributed by atoms with Gasteiger partial charge in [-0.05, 0) is 44.6 Å². The fraction of sp³-hybridized carbons (Fsp3) is 0.812. The van der Waals surface area contributed by atoms with Crippen molar-refractivity contribution < 1.29 is 9.32 Å². The summed E-state index contributed by atoms with van der Waals surface area (Å²) in [5.41, 5.74) is 0. The Morgan fingerprint density at radius 1 is 1.41 bits per heavy atom. The van der Waals surface area contributed by atoms with Gasteiger partial charge in [0.05, 0.1) is 12.5 Å². The van der Waals surface area contributed by atoms with Crippen LogP contribution in [0, 0.1) is 11.8 Å². The predicted octanol–water partition coefficient (Wildman–Crippen LogP) is 1.76. The van der Waals surface area contributed by atoms with Crippen LogP contribution in [-0.2, 0) is 17.8 Å². The van der Waals surface area contributed by atoms with Gasteiger partial charge in [-0.3, -0.25) is 9.69 Å². The van der Waals surface area contributed by atoms with Crippen LogP contribution < -0.4 is 5.32 Å². The number of likely N-dealkylation sites (tertiary alicyclic amines) is 1. The zero-order chi connectivity index (χ0) is 15.4. The van der Waals surface area contributed by atoms with Crippen LogP contribution in [-0.4, -0.2) is 40.6 Å². The molecule has 6 heteroatoms. The van der Waals surface area contributed by atoms with E-state index in [1.807, 2.05) is 0 Å². The van der Waals surface area contributed by atoms with E-state index in [0.717, 1.165) is 57.1 Å². The van der Waals surface area contributed by atoms with E-state index in [2.05, 4.69) is 27.3 Å². The number of aryl methyl sites for hydroxylation is 1. The molecule has 1 saturated carbocycles. The van der Waals surface area contributed by atoms with Crippen molar-refractivity contribution >= 4 is 5.91 Å². The number of rotatable bonds is 7. The van der Waals surface area contributed by atoms with Crippen molar-refractivity contribution in [3.8, 4) is 0 Å². The summed E-state index contributed by atoms with van der Waals surface area (Å²) in [5.74, 6) is 2.51. The monoisotopic (exact) mass is 306 g/mol. The number of amides is 1. The molecule has 1 N–H and O–H groups in total. The minimum atomic E-state index is 0.102. The van der Waals surface area contributed by atoms with Crippen molar-refractivity contribution in [2.24, 2.45) is 11.8 Å². The fourth-order valence-corrected chi connectivity index (χ4v) is 3.00. The van der Waals surface area contributed by atoms with E-state index in [1.165, 1.54) is 12.8 Å². The van der Waals surface area contributed by atoms with Gasteiger partial charge in [-0.15, -0.1) is 0 Å². The molecule has 0 unspecified atom stereocenters. The molecule has 0 radical (unpaired) electrons. The van der Waals surface area contributed by atoms with E-state index in [1.54, 1.807) is 0 Å². The molecule has 6 nitrogen and oxygen atoms in total. The quantitative estimate of drug-likeness (QED) is 0.831. The lowest BCUT2D eigenvalue weighted by Gasteiger charge is -2.30. The first-order valence-electron chi connectivity index (χ1n) is 8.56. The molecule has 122 valence electrons. The van der Waals surface area contributed by atoms with Crippen LogP contribution in [0.15, 0.2) is 4.52 Å². The Bertz CT molecular complexity index is 498. The molecule has 1 aromatic heterocycles. The van der Waals surface area contributed by atoms with Gasteiger partial charge in [0.1, 0.15) is 0 Å². The molecule has 1 aliphatic carbocycles. The molecule has 2 aliphatic rings. The van der Waals surface area contributed by atoms with Gasteiger partial charge >= 0.3 is 0 Å². The third kappa shape index (κ3) is 4.29. The van der Waals surface area contributed by atoms with Gasteiger partial charge in [0.25, 0.3) is 0 Å². The second-order valence-corrected chi connectivity index (χ2v) is 6.62. The van der Waals surface area contributed by atoms with Gasteiger partial charge in [-0.25, -0.2) is 0 Å². The average molecular weight is 306 g/mol. The van der Waals surface area contributed by atoms with Gasteiger partial charge in [-0.1, -0.05) is 12.1 Å². The van der Waals surface area contributed by atoms with Crippen molar-refractivity contribution in [3.63, 3.8) is 0 Å². The van der Waals surface area contributed by atoms with Gasteiger partial charge in [0.15, 0.2) is 5.82 Å². The summed E-state index contributed by atoms with van der Waals surface area (Å²) in [7, 11) is 0. The lowest BCUT2D eigenvalue weighted by atomic mass is 9.97. The average Bonchev–Trinajstić information content (AvgIpc) is 3.26. The van der Waals surface area contributed by atoms with E-state index in [9.17, 15) is 4.79 Å². The van der Waals surface area contributed by atoms with E-state index in [-0.39, 0.29) is 11.8 Å². The molecule has 0 aromatic carbocycles. The maximum atomic E-state index is 12.2. The Balaban J connectivity index is 1.47. The fourth-order valence-electron chi connectivity index (χ4n) is 3.00. The van der Waals surface area contributed by atoms with Crippen molar-refractivity contribution in [3.05, 3.63) is 11.7 Å². The van der Waals surface area contributed by atoms with Gasteiger partial charge in [-0.2, -0.15) is 4.98 Å². The highest BCUT2D eigenvalue weighted by atomic mass is 16.5. The molecule has 1 saturated heterocycles. The van der Waals surface area contributed by atoms with E-state index < -0.39 is 0 Å². The predicted molar refractivity (Wildman–Crippen MR) is 82.0 cm³/mol. The summed E-state index contributed by atoms with van der Waals surface area (Å²) in [5, 5.41) is 7.09. The van der Waals surface area contributed by atoms with Crippen LogP contribution in [0.25, 0.3) is 0 Å². The number of nitrogens with zero attached hydrogens (tertiary/aromatic N) is 3. The molecular formula is C16H26N4O2. The van der Waals surface area contributed by atoms with Crippen LogP contribution in [0.4, 0.5) is 0 Å². The molecular weight excluding hydrogens is 280 g/mol. The lowest BCUT2D eigenvalue weighted by molar-refractivity contribution is -0.126. The number of hydrogen-bond acceptors (Lipinski definition) is 5. The number of aromatic nitrogens is 2. The van der Waals surface area contributed by atoms with E-state index in [0.29, 0.717) is 12.4 Å². The van der Waals surface area contributed by atoms with Crippen LogP contribution in [0.1, 0.15) is 50.7 Å². The maximum absolute atomic E-state index is 12.2. The number of nitrogens with one attached hydrogen (secondary N) is 1. The normalized spacial score (nSPS) is 22.7. The smallest absolute Gasteiger partial charge is 0.240 e. The lowest BCUT2D eigenvalue weighted by Crippen LogP contribution is -2.43. The molecule has 1 aliphatic heterocycles. The second kappa shape index (κ2) is 7.22. The first kappa shape index (κ1) is 15.5. The summed E-state index contributed by atoms with van der Waals surface area (Å²) >= 11 is 0. The largest absolute Gasteiger partial charge is 0.356 e. The summed E-state index contributed by atoms with van der Waals surface area (Å²) in [6.07, 6.45) is 6.46. The van der Waals surface area contributed by atoms with Crippen LogP contribution in [0.2, 0.25) is 0 Å². The van der Waals surface area contributed by atoms with Crippen LogP contribution in [0.5, 0.6) is 0 Å². The minimum Gasteiger partial charge on any atom is -0.356 e. The molecule has 1 aromatic rings. The SMILES string of the molecule is CCCc1noc(CN2CCC[C@@H](C(=O)NCC3CC3)C2)n1. The number of hydrogen-bond donors (Lipinski definition) is 1. The summed E-state index contributed by atoms with van der Waals surface area (Å²) in [4.78, 5) is 18.9. The first-order chi connectivity index (χ1) is 10.7. The highest BCUT2D eigenvalue weighted by Gasteiger charge is 2.28. The molecule has 2 fully saturated rings. The Labute approximate surface area is 131 Å². The van der Waals surface area contributed by atoms with Crippen molar-refractivity contribution in [2.45, 2.75) is 52.0 Å². The Morgan fingerprint density at radius 2 is 2.27 bits per heavy atom. The third-order valence-electron chi connectivity index (χ3n) is 4.48. The molecule has 1 amide bonds. The van der Waals surface area contributed by atoms with Gasteiger partial charge in [0, 0.05) is 19.5 Å². The highest BCUT2D eigenvalue weighted by molar-refractivity contribution is 5.79. The Kier molecular flexibility index (Phi) is 5.08. The van der Waals surface area contributed by atoms with Crippen molar-refractivity contribution in [1.82, 2.24) is 20.4 Å². The molecule has 0 spiro atoms. The topological polar surface area (TPSA) is 71.3 Å². The van der Waals surface area contributed by atoms with E-state index in [4.69, 9.17) is 4.52 Å². The van der Waals surface area contributed by atoms with E-state index >= 15 is 0 Å². The molecule has 2 heterocycles. The summed E-state index contributed by atoms with van der Waals surface area (Å²) in [6.45, 7) is 5.41. The molecule has 1 atom stereocenters. The third-order valence-corrected chi connectivity index (χ3v) is 4.48. The minimum absolute atomic E-state index is 0.102. The Hall–Kier alpha value is -1.43. The second-order valence-electron chi connectivity index (χ2n) is 6.62. The molecule has 0 bridgehead atoms. The van der Waals surface area contributed by atoms with Gasteiger partial charge in [0.2, 0.25) is 11.8 Å². The van der Waals surface area contributed by atoms with Gasteiger partial charge < -0.3 is 9.84 Å². The first-order valence-corrected chi connectivity index (χ1v) is 8.56. The standard InChI is InChI=1S/C16H26N4O2/c1-2-4-14-18-15(22-19-14)11-20-8-3-5-13(10-20)16(21)17-9-12-6-7-12/h12-13H,2-11H2,1H3,(H,17,21)/t13-/m1/s1. The van der Waals surface area contributed by atoms with Crippen molar-refractivity contribution in [2.75, 3.05) is 19.6 Å². The number of carbonyl (C=O) groups excluding carboxylic acids is 1. The molecule has 3 rings (SSSR count). The molecule has 22 heavy (non-hydrogen) atoms. The number of carbonyl (C=O) groups is 1. The zero-order valence-electron chi connectivity index (χ0n) is 13.4. The highest BCUT2D eigenvalue weighted by Crippen LogP contribution is 2.28.